The van der Waals surface area contributed by atoms with Crippen LogP contribution in [0.4, 0.5) is 0 Å². The molecule has 2 rings (SSSR count). The molecule has 0 N–H and O–H groups in total. The molecule has 0 aliphatic carbocycles. The average Bonchev–Trinajstić information content (AvgIpc) is 2.49. The van der Waals surface area contributed by atoms with Crippen molar-refractivity contribution >= 4 is 5.78 Å². The molecule has 1 fully saturated rings. The molecular formula is C17H19NO. The van der Waals surface area contributed by atoms with Gasteiger partial charge in [-0.1, -0.05) is 36.3 Å². The molecule has 98 valence electrons. The molecule has 1 aliphatic heterocycles. The third kappa shape index (κ3) is 3.99. The first-order valence-corrected chi connectivity index (χ1v) is 6.80. The van der Waals surface area contributed by atoms with Gasteiger partial charge in [0.05, 0.1) is 0 Å². The number of Topliss-reactive ketones (excluding diaryl/α,β-unsaturated/α-hetero) is 1. The highest BCUT2D eigenvalue weighted by Crippen LogP contribution is 2.13. The molecule has 19 heavy (non-hydrogen) atoms. The van der Waals surface area contributed by atoms with Crippen LogP contribution in [0.15, 0.2) is 42.1 Å². The monoisotopic (exact) mass is 253 g/mol. The summed E-state index contributed by atoms with van der Waals surface area (Å²) < 4.78 is 0. The molecule has 1 aliphatic rings. The zero-order valence-corrected chi connectivity index (χ0v) is 11.4. The molecule has 2 nitrogen and oxygen atoms in total. The van der Waals surface area contributed by atoms with E-state index in [9.17, 15) is 4.79 Å². The summed E-state index contributed by atoms with van der Waals surface area (Å²) in [5.41, 5.74) is 1.81. The van der Waals surface area contributed by atoms with E-state index in [1.807, 2.05) is 24.3 Å². The molecule has 0 atom stereocenters. The summed E-state index contributed by atoms with van der Waals surface area (Å²) in [6, 6.07) is 9.18. The number of ketones is 1. The Morgan fingerprint density at radius 2 is 1.84 bits per heavy atom. The Kier molecular flexibility index (Phi) is 4.80. The molecule has 0 spiro atoms. The van der Waals surface area contributed by atoms with E-state index < -0.39 is 0 Å². The molecule has 2 heteroatoms. The maximum atomic E-state index is 11.8. The molecule has 0 saturated carbocycles. The Hall–Kier alpha value is -2.01. The van der Waals surface area contributed by atoms with Crippen molar-refractivity contribution in [2.24, 2.45) is 0 Å². The Morgan fingerprint density at radius 1 is 1.16 bits per heavy atom. The number of hydrogen-bond donors (Lipinski definition) is 0. The lowest BCUT2D eigenvalue weighted by molar-refractivity contribution is 0.105. The van der Waals surface area contributed by atoms with E-state index in [0.717, 1.165) is 18.8 Å². The van der Waals surface area contributed by atoms with Crippen LogP contribution >= 0.6 is 0 Å². The lowest BCUT2D eigenvalue weighted by Crippen LogP contribution is -2.27. The van der Waals surface area contributed by atoms with Crippen LogP contribution in [0.1, 0.15) is 36.5 Å². The quantitative estimate of drug-likeness (QED) is 0.458. The van der Waals surface area contributed by atoms with Gasteiger partial charge < -0.3 is 4.90 Å². The largest absolute Gasteiger partial charge is 0.375 e. The Bertz CT molecular complexity index is 513. The Labute approximate surface area is 115 Å². The fraction of sp³-hybridized carbons (Fsp3) is 0.353. The molecule has 0 radical (unpaired) electrons. The molecule has 1 aromatic rings. The van der Waals surface area contributed by atoms with E-state index in [4.69, 9.17) is 0 Å². The first-order valence-electron chi connectivity index (χ1n) is 6.80. The van der Waals surface area contributed by atoms with E-state index in [2.05, 4.69) is 23.7 Å². The van der Waals surface area contributed by atoms with Gasteiger partial charge in [0.2, 0.25) is 5.78 Å². The number of rotatable bonds is 2. The number of nitrogens with zero attached hydrogens (tertiary/aromatic N) is 1. The van der Waals surface area contributed by atoms with Gasteiger partial charge in [0.1, 0.15) is 0 Å². The summed E-state index contributed by atoms with van der Waals surface area (Å²) in [5.74, 6) is 5.43. The van der Waals surface area contributed by atoms with E-state index >= 15 is 0 Å². The third-order valence-corrected chi connectivity index (χ3v) is 3.36. The van der Waals surface area contributed by atoms with Gasteiger partial charge in [-0.3, -0.25) is 4.79 Å². The topological polar surface area (TPSA) is 20.3 Å². The zero-order valence-electron chi connectivity index (χ0n) is 11.4. The summed E-state index contributed by atoms with van der Waals surface area (Å²) in [7, 11) is 0. The second kappa shape index (κ2) is 6.80. The van der Waals surface area contributed by atoms with Crippen molar-refractivity contribution in [3.63, 3.8) is 0 Å². The molecule has 1 saturated heterocycles. The van der Waals surface area contributed by atoms with Gasteiger partial charge in [-0.15, -0.1) is 0 Å². The molecule has 0 aromatic heterocycles. The Morgan fingerprint density at radius 3 is 2.53 bits per heavy atom. The number of hydrogen-bond acceptors (Lipinski definition) is 2. The standard InChI is InChI=1S/C17H19NO/c1-15(18-13-6-3-7-14-18)9-8-12-17(19)16-10-4-2-5-11-16/h2,4-5,9-11H,3,6-7,13-14H2,1H3/b15-9+. The SMILES string of the molecule is C/C(=C\C#CC(=O)c1ccccc1)N1CCCCC1. The van der Waals surface area contributed by atoms with Crippen LogP contribution in [-0.4, -0.2) is 23.8 Å². The van der Waals surface area contributed by atoms with E-state index in [0.29, 0.717) is 5.56 Å². The van der Waals surface area contributed by atoms with Gasteiger partial charge in [-0.05, 0) is 32.1 Å². The van der Waals surface area contributed by atoms with Crippen molar-refractivity contribution in [2.45, 2.75) is 26.2 Å². The predicted molar refractivity (Wildman–Crippen MR) is 77.7 cm³/mol. The van der Waals surface area contributed by atoms with Gasteiger partial charge in [-0.25, -0.2) is 0 Å². The van der Waals surface area contributed by atoms with Crippen molar-refractivity contribution < 1.29 is 4.79 Å². The lowest BCUT2D eigenvalue weighted by Gasteiger charge is -2.28. The smallest absolute Gasteiger partial charge is 0.236 e. The second-order valence-electron chi connectivity index (χ2n) is 4.80. The van der Waals surface area contributed by atoms with Crippen molar-refractivity contribution in [3.8, 4) is 11.8 Å². The minimum atomic E-state index is -0.122. The number of carbonyl (C=O) groups excluding carboxylic acids is 1. The summed E-state index contributed by atoms with van der Waals surface area (Å²) in [5, 5.41) is 0. The first-order chi connectivity index (χ1) is 9.27. The molecule has 1 heterocycles. The van der Waals surface area contributed by atoms with Gasteiger partial charge in [0.15, 0.2) is 0 Å². The fourth-order valence-corrected chi connectivity index (χ4v) is 2.21. The summed E-state index contributed by atoms with van der Waals surface area (Å²) in [4.78, 5) is 14.1. The number of benzene rings is 1. The van der Waals surface area contributed by atoms with E-state index in [1.165, 1.54) is 19.3 Å². The lowest BCUT2D eigenvalue weighted by atomic mass is 10.1. The van der Waals surface area contributed by atoms with Crippen LogP contribution in [0, 0.1) is 11.8 Å². The van der Waals surface area contributed by atoms with Crippen LogP contribution in [0.2, 0.25) is 0 Å². The molecular weight excluding hydrogens is 234 g/mol. The van der Waals surface area contributed by atoms with Crippen LogP contribution in [0.25, 0.3) is 0 Å². The number of carbonyl (C=O) groups is 1. The highest BCUT2D eigenvalue weighted by Gasteiger charge is 2.09. The molecule has 0 unspecified atom stereocenters. The van der Waals surface area contributed by atoms with Crippen molar-refractivity contribution in [1.29, 1.82) is 0 Å². The third-order valence-electron chi connectivity index (χ3n) is 3.36. The van der Waals surface area contributed by atoms with Gasteiger partial charge in [-0.2, -0.15) is 0 Å². The van der Waals surface area contributed by atoms with Crippen molar-refractivity contribution in [3.05, 3.63) is 47.7 Å². The zero-order chi connectivity index (χ0) is 13.5. The minimum absolute atomic E-state index is 0.122. The van der Waals surface area contributed by atoms with Crippen LogP contribution in [-0.2, 0) is 0 Å². The molecule has 0 amide bonds. The summed E-state index contributed by atoms with van der Waals surface area (Å²) >= 11 is 0. The maximum Gasteiger partial charge on any atom is 0.236 e. The number of allylic oxidation sites excluding steroid dienone is 2. The van der Waals surface area contributed by atoms with E-state index in [1.54, 1.807) is 12.1 Å². The van der Waals surface area contributed by atoms with Gasteiger partial charge in [0, 0.05) is 30.4 Å². The van der Waals surface area contributed by atoms with Crippen LogP contribution in [0.3, 0.4) is 0 Å². The second-order valence-corrected chi connectivity index (χ2v) is 4.80. The fourth-order valence-electron chi connectivity index (χ4n) is 2.21. The first kappa shape index (κ1) is 13.4. The minimum Gasteiger partial charge on any atom is -0.375 e. The van der Waals surface area contributed by atoms with E-state index in [-0.39, 0.29) is 5.78 Å². The molecule has 0 bridgehead atoms. The Balaban J connectivity index is 1.98. The van der Waals surface area contributed by atoms with Gasteiger partial charge in [0.25, 0.3) is 0 Å². The van der Waals surface area contributed by atoms with Crippen LogP contribution < -0.4 is 0 Å². The number of likely N-dealkylation sites (tertiary alicyclic amines) is 1. The van der Waals surface area contributed by atoms with Crippen LogP contribution in [0.5, 0.6) is 0 Å². The predicted octanol–water partition coefficient (Wildman–Crippen LogP) is 3.26. The molecule has 1 aromatic carbocycles. The van der Waals surface area contributed by atoms with Crippen molar-refractivity contribution in [2.75, 3.05) is 13.1 Å². The highest BCUT2D eigenvalue weighted by atomic mass is 16.1. The summed E-state index contributed by atoms with van der Waals surface area (Å²) in [6.07, 6.45) is 5.68. The average molecular weight is 253 g/mol. The highest BCUT2D eigenvalue weighted by molar-refractivity contribution is 6.09. The van der Waals surface area contributed by atoms with Gasteiger partial charge >= 0.3 is 0 Å². The summed E-state index contributed by atoms with van der Waals surface area (Å²) in [6.45, 7) is 4.28. The normalized spacial score (nSPS) is 15.6. The number of piperidine rings is 1. The maximum absolute atomic E-state index is 11.8. The van der Waals surface area contributed by atoms with Crippen molar-refractivity contribution in [1.82, 2.24) is 4.90 Å².